The average molecular weight is 474 g/mol. The van der Waals surface area contributed by atoms with E-state index in [4.69, 9.17) is 0 Å². The van der Waals surface area contributed by atoms with Gasteiger partial charge in [-0.25, -0.2) is 13.6 Å². The second-order valence-corrected chi connectivity index (χ2v) is 8.00. The molecule has 5 rings (SSSR count). The van der Waals surface area contributed by atoms with Crippen LogP contribution in [0.15, 0.2) is 59.5 Å². The van der Waals surface area contributed by atoms with Crippen molar-refractivity contribution in [3.63, 3.8) is 0 Å². The fourth-order valence-electron chi connectivity index (χ4n) is 4.32. The first kappa shape index (κ1) is 22.1. The van der Waals surface area contributed by atoms with E-state index in [9.17, 15) is 24.3 Å². The van der Waals surface area contributed by atoms with Crippen LogP contribution in [0.5, 0.6) is 0 Å². The minimum Gasteiger partial charge on any atom is -0.477 e. The average Bonchev–Trinajstić information content (AvgIpc) is 2.86. The molecule has 4 aromatic rings. The number of hydrogen-bond acceptors (Lipinski definition) is 5. The molecule has 0 fully saturated rings. The van der Waals surface area contributed by atoms with Crippen molar-refractivity contribution in [1.82, 2.24) is 4.57 Å². The van der Waals surface area contributed by atoms with E-state index in [-0.39, 0.29) is 57.0 Å². The molecule has 0 saturated heterocycles. The van der Waals surface area contributed by atoms with Crippen molar-refractivity contribution in [1.29, 1.82) is 0 Å². The van der Waals surface area contributed by atoms with Crippen molar-refractivity contribution in [2.24, 2.45) is 0 Å². The van der Waals surface area contributed by atoms with Crippen molar-refractivity contribution < 1.29 is 28.3 Å². The number of carboxylic acid groups (broad SMARTS) is 1. The van der Waals surface area contributed by atoms with Gasteiger partial charge < -0.3 is 15.0 Å². The first-order valence-corrected chi connectivity index (χ1v) is 10.6. The summed E-state index contributed by atoms with van der Waals surface area (Å²) in [5, 5.41) is 11.7. The summed E-state index contributed by atoms with van der Waals surface area (Å²) < 4.78 is 31.2. The van der Waals surface area contributed by atoms with E-state index >= 15 is 8.78 Å². The Morgan fingerprint density at radius 3 is 2.17 bits per heavy atom. The number of aromatic carboxylic acids is 1. The molecule has 2 N–H and O–H groups in total. The number of nitrogens with one attached hydrogen (secondary N) is 1. The Bertz CT molecular complexity index is 1670. The predicted molar refractivity (Wildman–Crippen MR) is 124 cm³/mol. The molecule has 1 heterocycles. The standard InChI is InChI=1S/C26H16F2N2O5/c1-2-30-11-18(26(34)35)25(33)17-10-19(20(27)21(28)22(17)30)29-12-7-8-15-16(9-12)24(32)14-6-4-3-5-13(14)23(15)31/h3-11,29H,2H2,1H3,(H,34,35). The van der Waals surface area contributed by atoms with Gasteiger partial charge in [-0.3, -0.25) is 14.4 Å². The molecule has 7 nitrogen and oxygen atoms in total. The minimum absolute atomic E-state index is 0.0990. The van der Waals surface area contributed by atoms with Crippen molar-refractivity contribution in [2.75, 3.05) is 5.32 Å². The number of benzene rings is 3. The van der Waals surface area contributed by atoms with E-state index in [1.807, 2.05) is 0 Å². The van der Waals surface area contributed by atoms with E-state index in [2.05, 4.69) is 5.32 Å². The van der Waals surface area contributed by atoms with E-state index in [1.165, 1.54) is 24.3 Å². The fraction of sp³-hybridized carbons (Fsp3) is 0.0769. The van der Waals surface area contributed by atoms with Gasteiger partial charge in [0.15, 0.2) is 23.2 Å². The molecule has 35 heavy (non-hydrogen) atoms. The highest BCUT2D eigenvalue weighted by Gasteiger charge is 2.29. The predicted octanol–water partition coefficient (Wildman–Crippen LogP) is 4.52. The first-order chi connectivity index (χ1) is 16.7. The third kappa shape index (κ3) is 3.31. The summed E-state index contributed by atoms with van der Waals surface area (Å²) >= 11 is 0. The zero-order valence-corrected chi connectivity index (χ0v) is 18.2. The van der Waals surface area contributed by atoms with E-state index in [0.717, 1.165) is 16.8 Å². The number of carbonyl (C=O) groups is 3. The smallest absolute Gasteiger partial charge is 0.341 e. The van der Waals surface area contributed by atoms with Crippen LogP contribution in [0.4, 0.5) is 20.2 Å². The molecule has 0 bridgehead atoms. The van der Waals surface area contributed by atoms with Crippen LogP contribution in [0.2, 0.25) is 0 Å². The zero-order chi connectivity index (χ0) is 25.0. The number of fused-ring (bicyclic) bond motifs is 3. The van der Waals surface area contributed by atoms with Gasteiger partial charge in [0.2, 0.25) is 5.43 Å². The Morgan fingerprint density at radius 2 is 1.54 bits per heavy atom. The third-order valence-electron chi connectivity index (χ3n) is 6.02. The lowest BCUT2D eigenvalue weighted by Crippen LogP contribution is -2.21. The maximum absolute atomic E-state index is 15.1. The number of carboxylic acids is 1. The van der Waals surface area contributed by atoms with Crippen LogP contribution in [-0.4, -0.2) is 27.2 Å². The molecule has 1 aliphatic carbocycles. The molecule has 0 radical (unpaired) electrons. The summed E-state index contributed by atoms with van der Waals surface area (Å²) in [6.07, 6.45) is 0.979. The number of nitrogens with zero attached hydrogens (tertiary/aromatic N) is 1. The number of anilines is 2. The highest BCUT2D eigenvalue weighted by Crippen LogP contribution is 2.32. The van der Waals surface area contributed by atoms with Crippen molar-refractivity contribution in [3.05, 3.63) is 104 Å². The summed E-state index contributed by atoms with van der Waals surface area (Å²) in [6, 6.07) is 11.6. The minimum atomic E-state index is -1.49. The molecule has 1 aromatic heterocycles. The fourth-order valence-corrected chi connectivity index (χ4v) is 4.32. The van der Waals surface area contributed by atoms with Gasteiger partial charge in [0.25, 0.3) is 0 Å². The SMILES string of the molecule is CCn1cc(C(=O)O)c(=O)c2cc(Nc3ccc4c(c3)C(=O)c3ccccc3C4=O)c(F)c(F)c21. The van der Waals surface area contributed by atoms with Crippen LogP contribution in [0.25, 0.3) is 10.9 Å². The maximum atomic E-state index is 15.1. The monoisotopic (exact) mass is 474 g/mol. The van der Waals surface area contributed by atoms with Gasteiger partial charge in [-0.05, 0) is 31.2 Å². The van der Waals surface area contributed by atoms with Gasteiger partial charge >= 0.3 is 5.97 Å². The van der Waals surface area contributed by atoms with E-state index in [1.54, 1.807) is 25.1 Å². The summed E-state index contributed by atoms with van der Waals surface area (Å²) in [5.74, 6) is -4.81. The summed E-state index contributed by atoms with van der Waals surface area (Å²) in [5.41, 5.74) is -1.33. The highest BCUT2D eigenvalue weighted by molar-refractivity contribution is 6.28. The van der Waals surface area contributed by atoms with Gasteiger partial charge in [-0.2, -0.15) is 0 Å². The van der Waals surface area contributed by atoms with Gasteiger partial charge in [0.05, 0.1) is 16.6 Å². The largest absolute Gasteiger partial charge is 0.477 e. The van der Waals surface area contributed by atoms with Crippen LogP contribution in [0, 0.1) is 11.6 Å². The molecule has 3 aromatic carbocycles. The lowest BCUT2D eigenvalue weighted by molar-refractivity contribution is 0.0694. The third-order valence-corrected chi connectivity index (χ3v) is 6.02. The molecule has 0 atom stereocenters. The number of carbonyl (C=O) groups excluding carboxylic acids is 2. The molecule has 174 valence electrons. The first-order valence-electron chi connectivity index (χ1n) is 10.6. The van der Waals surface area contributed by atoms with Gasteiger partial charge in [0, 0.05) is 40.7 Å². The topological polar surface area (TPSA) is 105 Å². The van der Waals surface area contributed by atoms with E-state index in [0.29, 0.717) is 0 Å². The quantitative estimate of drug-likeness (QED) is 0.397. The highest BCUT2D eigenvalue weighted by atomic mass is 19.2. The Hall–Kier alpha value is -4.66. The van der Waals surface area contributed by atoms with Gasteiger partial charge in [0.1, 0.15) is 5.56 Å². The Morgan fingerprint density at radius 1 is 0.914 bits per heavy atom. The number of aryl methyl sites for hydroxylation is 1. The molecule has 0 saturated carbocycles. The van der Waals surface area contributed by atoms with Crippen LogP contribution in [-0.2, 0) is 6.54 Å². The molecular weight excluding hydrogens is 458 g/mol. The summed E-state index contributed by atoms with van der Waals surface area (Å²) in [7, 11) is 0. The number of ketones is 2. The number of rotatable bonds is 4. The lowest BCUT2D eigenvalue weighted by atomic mass is 9.84. The Kier molecular flexibility index (Phi) is 5.05. The van der Waals surface area contributed by atoms with E-state index < -0.39 is 34.3 Å². The summed E-state index contributed by atoms with van der Waals surface area (Å²) in [6.45, 7) is 1.70. The number of hydrogen-bond donors (Lipinski definition) is 2. The molecule has 1 aliphatic rings. The van der Waals surface area contributed by atoms with Crippen molar-refractivity contribution >= 4 is 39.8 Å². The second-order valence-electron chi connectivity index (χ2n) is 8.00. The van der Waals surface area contributed by atoms with Crippen LogP contribution in [0.3, 0.4) is 0 Å². The molecule has 0 spiro atoms. The van der Waals surface area contributed by atoms with Crippen LogP contribution >= 0.6 is 0 Å². The molecule has 9 heteroatoms. The number of pyridine rings is 1. The van der Waals surface area contributed by atoms with Crippen molar-refractivity contribution in [2.45, 2.75) is 13.5 Å². The molecule has 0 aliphatic heterocycles. The van der Waals surface area contributed by atoms with Gasteiger partial charge in [-0.1, -0.05) is 24.3 Å². The van der Waals surface area contributed by atoms with Crippen LogP contribution in [0.1, 0.15) is 49.1 Å². The molecular formula is C26H16F2N2O5. The number of aromatic nitrogens is 1. The van der Waals surface area contributed by atoms with Gasteiger partial charge in [-0.15, -0.1) is 0 Å². The Labute approximate surface area is 196 Å². The summed E-state index contributed by atoms with van der Waals surface area (Å²) in [4.78, 5) is 49.9. The maximum Gasteiger partial charge on any atom is 0.341 e. The Balaban J connectivity index is 1.64. The normalized spacial score (nSPS) is 12.4. The lowest BCUT2D eigenvalue weighted by Gasteiger charge is -2.19. The molecule has 0 amide bonds. The zero-order valence-electron chi connectivity index (χ0n) is 18.2. The number of halogens is 2. The van der Waals surface area contributed by atoms with Crippen LogP contribution < -0.4 is 10.7 Å². The second kappa shape index (κ2) is 7.98. The molecule has 0 unspecified atom stereocenters. The van der Waals surface area contributed by atoms with Crippen molar-refractivity contribution in [3.8, 4) is 0 Å².